The number of carboxylic acids is 1. The molecule has 0 spiro atoms. The topological polar surface area (TPSA) is 93.1 Å². The van der Waals surface area contributed by atoms with Crippen LogP contribution < -0.4 is 0 Å². The highest BCUT2D eigenvalue weighted by Crippen LogP contribution is 2.37. The monoisotopic (exact) mass is 204 g/mol. The average molecular weight is 204 g/mol. The van der Waals surface area contributed by atoms with E-state index in [-0.39, 0.29) is 0 Å². The first-order valence-corrected chi connectivity index (χ1v) is 4.24. The van der Waals surface area contributed by atoms with Crippen LogP contribution in [-0.2, 0) is 19.4 Å². The van der Waals surface area contributed by atoms with Gasteiger partial charge in [-0.1, -0.05) is 6.42 Å². The van der Waals surface area contributed by atoms with Gasteiger partial charge >= 0.3 is 11.9 Å². The highest BCUT2D eigenvalue weighted by molar-refractivity contribution is 6.02. The number of aliphatic hydroxyl groups is 1. The van der Waals surface area contributed by atoms with E-state index in [1.54, 1.807) is 0 Å². The molecule has 0 radical (unpaired) electrons. The van der Waals surface area contributed by atoms with E-state index in [0.29, 0.717) is 12.8 Å². The molecule has 2 N–H and O–H groups in total. The van der Waals surface area contributed by atoms with Crippen molar-refractivity contribution in [2.45, 2.75) is 24.9 Å². The molecule has 1 fully saturated rings. The van der Waals surface area contributed by atoms with Crippen LogP contribution in [0.15, 0.2) is 0 Å². The van der Waals surface area contributed by atoms with E-state index in [0.717, 1.165) is 13.5 Å². The molecule has 1 rings (SSSR count). The van der Waals surface area contributed by atoms with Crippen LogP contribution in [0.4, 0.5) is 0 Å². The Labute approximate surface area is 80.4 Å². The van der Waals surface area contributed by atoms with E-state index in [1.165, 1.54) is 0 Å². The molecule has 0 aromatic carbocycles. The van der Waals surface area contributed by atoms with Gasteiger partial charge in [0.25, 0.3) is 5.60 Å². The van der Waals surface area contributed by atoms with E-state index < -0.39 is 23.5 Å². The number of carboxylic acid groups (broad SMARTS) is 1. The minimum atomic E-state index is -2.46. The van der Waals surface area contributed by atoms with Crippen LogP contribution in [0.25, 0.3) is 0 Å². The quantitative estimate of drug-likeness (QED) is 0.371. The fourth-order valence-electron chi connectivity index (χ4n) is 1.39. The van der Waals surface area contributed by atoms with Gasteiger partial charge < -0.3 is 10.2 Å². The molecule has 0 bridgehead atoms. The standard InChI is InChI=1S/C8H12O6/c1-13-14-7(11)8(12,6(9)10)5-3-2-4-5/h5,12H,2-4H2,1H3,(H,9,10). The Morgan fingerprint density at radius 2 is 2.00 bits per heavy atom. The highest BCUT2D eigenvalue weighted by Gasteiger charge is 2.55. The number of hydrogen-bond acceptors (Lipinski definition) is 5. The van der Waals surface area contributed by atoms with Crippen molar-refractivity contribution < 1.29 is 29.6 Å². The molecule has 0 amide bonds. The fourth-order valence-corrected chi connectivity index (χ4v) is 1.39. The summed E-state index contributed by atoms with van der Waals surface area (Å²) in [5, 5.41) is 18.4. The number of aliphatic carboxylic acids is 1. The molecule has 0 aromatic heterocycles. The molecular weight excluding hydrogens is 192 g/mol. The first kappa shape index (κ1) is 10.9. The molecule has 1 unspecified atom stereocenters. The third-order valence-corrected chi connectivity index (χ3v) is 2.49. The van der Waals surface area contributed by atoms with Gasteiger partial charge in [0.2, 0.25) is 0 Å². The number of carbonyl (C=O) groups is 2. The second-order valence-corrected chi connectivity index (χ2v) is 3.24. The maximum atomic E-state index is 11.2. The first-order chi connectivity index (χ1) is 6.53. The fraction of sp³-hybridized carbons (Fsp3) is 0.750. The maximum absolute atomic E-state index is 11.2. The summed E-state index contributed by atoms with van der Waals surface area (Å²) in [6, 6.07) is 0. The number of hydrogen-bond donors (Lipinski definition) is 2. The Morgan fingerprint density at radius 3 is 2.29 bits per heavy atom. The summed E-state index contributed by atoms with van der Waals surface area (Å²) in [4.78, 5) is 30.0. The van der Waals surface area contributed by atoms with Crippen molar-refractivity contribution >= 4 is 11.9 Å². The van der Waals surface area contributed by atoms with E-state index >= 15 is 0 Å². The third kappa shape index (κ3) is 1.58. The van der Waals surface area contributed by atoms with Crippen LogP contribution in [0.3, 0.4) is 0 Å². The predicted octanol–water partition coefficient (Wildman–Crippen LogP) is -0.293. The van der Waals surface area contributed by atoms with Crippen molar-refractivity contribution in [3.63, 3.8) is 0 Å². The summed E-state index contributed by atoms with van der Waals surface area (Å²) in [5.74, 6) is -3.44. The molecule has 14 heavy (non-hydrogen) atoms. The molecule has 0 saturated heterocycles. The highest BCUT2D eigenvalue weighted by atomic mass is 17.2. The maximum Gasteiger partial charge on any atom is 0.385 e. The van der Waals surface area contributed by atoms with Crippen LogP contribution in [0.2, 0.25) is 0 Å². The number of carbonyl (C=O) groups excluding carboxylic acids is 1. The molecular formula is C8H12O6. The summed E-state index contributed by atoms with van der Waals surface area (Å²) in [7, 11) is 1.07. The zero-order valence-corrected chi connectivity index (χ0v) is 7.73. The smallest absolute Gasteiger partial charge is 0.385 e. The zero-order chi connectivity index (χ0) is 10.8. The van der Waals surface area contributed by atoms with Crippen molar-refractivity contribution in [3.8, 4) is 0 Å². The lowest BCUT2D eigenvalue weighted by molar-refractivity contribution is -0.274. The largest absolute Gasteiger partial charge is 0.479 e. The molecule has 1 atom stereocenters. The van der Waals surface area contributed by atoms with Gasteiger partial charge in [0, 0.05) is 5.92 Å². The second-order valence-electron chi connectivity index (χ2n) is 3.24. The summed E-state index contributed by atoms with van der Waals surface area (Å²) >= 11 is 0. The first-order valence-electron chi connectivity index (χ1n) is 4.24. The minimum absolute atomic E-state index is 0.502. The van der Waals surface area contributed by atoms with E-state index in [2.05, 4.69) is 9.78 Å². The molecule has 0 heterocycles. The lowest BCUT2D eigenvalue weighted by Gasteiger charge is -2.35. The van der Waals surface area contributed by atoms with Gasteiger partial charge in [-0.3, -0.25) is 4.89 Å². The zero-order valence-electron chi connectivity index (χ0n) is 7.73. The van der Waals surface area contributed by atoms with Gasteiger partial charge in [-0.2, -0.15) is 4.89 Å². The molecule has 0 aliphatic heterocycles. The third-order valence-electron chi connectivity index (χ3n) is 2.49. The van der Waals surface area contributed by atoms with Crippen molar-refractivity contribution in [2.75, 3.05) is 7.11 Å². The number of rotatable bonds is 4. The molecule has 1 saturated carbocycles. The van der Waals surface area contributed by atoms with Crippen molar-refractivity contribution in [1.82, 2.24) is 0 Å². The second kappa shape index (κ2) is 3.93. The lowest BCUT2D eigenvalue weighted by atomic mass is 9.73. The Balaban J connectivity index is 2.80. The van der Waals surface area contributed by atoms with Crippen molar-refractivity contribution in [2.24, 2.45) is 5.92 Å². The minimum Gasteiger partial charge on any atom is -0.479 e. The Kier molecular flexibility index (Phi) is 3.07. The van der Waals surface area contributed by atoms with Gasteiger partial charge in [-0.05, 0) is 12.8 Å². The van der Waals surface area contributed by atoms with Gasteiger partial charge in [-0.15, -0.1) is 0 Å². The Hall–Kier alpha value is -1.14. The SMILES string of the molecule is COOC(=O)C(O)(C(=O)O)C1CCC1. The molecule has 0 aromatic rings. The summed E-state index contributed by atoms with van der Waals surface area (Å²) in [6.45, 7) is 0. The van der Waals surface area contributed by atoms with Crippen LogP contribution in [0.5, 0.6) is 0 Å². The van der Waals surface area contributed by atoms with E-state index in [9.17, 15) is 14.7 Å². The van der Waals surface area contributed by atoms with Gasteiger partial charge in [0.05, 0.1) is 7.11 Å². The Bertz CT molecular complexity index is 246. The summed E-state index contributed by atoms with van der Waals surface area (Å²) < 4.78 is 0. The van der Waals surface area contributed by atoms with E-state index in [4.69, 9.17) is 5.11 Å². The molecule has 6 heteroatoms. The van der Waals surface area contributed by atoms with Crippen molar-refractivity contribution in [1.29, 1.82) is 0 Å². The van der Waals surface area contributed by atoms with Crippen LogP contribution in [0, 0.1) is 5.92 Å². The molecule has 80 valence electrons. The molecule has 1 aliphatic carbocycles. The average Bonchev–Trinajstić information content (AvgIpc) is 2.00. The molecule has 1 aliphatic rings. The summed E-state index contributed by atoms with van der Waals surface area (Å²) in [6.07, 6.45) is 1.81. The van der Waals surface area contributed by atoms with Gasteiger partial charge in [-0.25, -0.2) is 9.59 Å². The van der Waals surface area contributed by atoms with Gasteiger partial charge in [0.1, 0.15) is 0 Å². The van der Waals surface area contributed by atoms with E-state index in [1.807, 2.05) is 0 Å². The van der Waals surface area contributed by atoms with Gasteiger partial charge in [0.15, 0.2) is 0 Å². The predicted molar refractivity (Wildman–Crippen MR) is 43.0 cm³/mol. The van der Waals surface area contributed by atoms with Crippen LogP contribution >= 0.6 is 0 Å². The molecule has 6 nitrogen and oxygen atoms in total. The van der Waals surface area contributed by atoms with Crippen molar-refractivity contribution in [3.05, 3.63) is 0 Å². The van der Waals surface area contributed by atoms with Crippen LogP contribution in [0.1, 0.15) is 19.3 Å². The Morgan fingerprint density at radius 1 is 1.43 bits per heavy atom. The van der Waals surface area contributed by atoms with Crippen LogP contribution in [-0.4, -0.2) is 34.9 Å². The summed E-state index contributed by atoms with van der Waals surface area (Å²) in [5.41, 5.74) is -2.46. The normalized spacial score (nSPS) is 20.7. The lowest BCUT2D eigenvalue weighted by Crippen LogP contribution is -2.55.